The minimum Gasteiger partial charge on any atom is -0.444 e. The molecule has 0 aromatic carbocycles. The van der Waals surface area contributed by atoms with Gasteiger partial charge in [-0.3, -0.25) is 14.7 Å². The van der Waals surface area contributed by atoms with Crippen molar-refractivity contribution in [1.82, 2.24) is 20.5 Å². The van der Waals surface area contributed by atoms with E-state index in [1.807, 2.05) is 33.2 Å². The van der Waals surface area contributed by atoms with Crippen LogP contribution in [0.15, 0.2) is 18.5 Å². The van der Waals surface area contributed by atoms with Crippen molar-refractivity contribution >= 4 is 12.0 Å². The maximum Gasteiger partial charge on any atom is 0.407 e. The molecule has 3 rings (SSSR count). The molecule has 2 fully saturated rings. The number of carbonyl (C=O) groups excluding carboxylic acids is 2. The summed E-state index contributed by atoms with van der Waals surface area (Å²) in [6.45, 7) is 7.40. The van der Waals surface area contributed by atoms with Gasteiger partial charge in [-0.2, -0.15) is 0 Å². The summed E-state index contributed by atoms with van der Waals surface area (Å²) in [6, 6.07) is 2.86. The van der Waals surface area contributed by atoms with Crippen LogP contribution in [0.4, 0.5) is 4.79 Å². The molecule has 1 unspecified atom stereocenters. The van der Waals surface area contributed by atoms with E-state index in [1.54, 1.807) is 0 Å². The molecule has 1 aromatic heterocycles. The van der Waals surface area contributed by atoms with Crippen LogP contribution in [0, 0.1) is 5.92 Å². The summed E-state index contributed by atoms with van der Waals surface area (Å²) in [7, 11) is 2.18. The van der Waals surface area contributed by atoms with Crippen LogP contribution >= 0.6 is 0 Å². The molecule has 7 nitrogen and oxygen atoms in total. The highest BCUT2D eigenvalue weighted by atomic mass is 16.6. The van der Waals surface area contributed by atoms with E-state index in [2.05, 4.69) is 33.6 Å². The molecule has 2 amide bonds. The van der Waals surface area contributed by atoms with E-state index < -0.39 is 5.60 Å². The molecule has 1 saturated carbocycles. The van der Waals surface area contributed by atoms with Crippen LogP contribution in [0.5, 0.6) is 0 Å². The van der Waals surface area contributed by atoms with E-state index in [-0.39, 0.29) is 24.0 Å². The minimum absolute atomic E-state index is 0.0367. The summed E-state index contributed by atoms with van der Waals surface area (Å²) in [5, 5.41) is 6.04. The molecule has 2 heterocycles. The number of hydrogen-bond acceptors (Lipinski definition) is 5. The third-order valence-electron chi connectivity index (χ3n) is 6.48. The van der Waals surface area contributed by atoms with Gasteiger partial charge in [0.2, 0.25) is 5.91 Å². The van der Waals surface area contributed by atoms with Gasteiger partial charge in [0.05, 0.1) is 0 Å². The Hall–Kier alpha value is -2.15. The minimum atomic E-state index is -0.495. The lowest BCUT2D eigenvalue weighted by molar-refractivity contribution is -0.126. The number of nitrogens with zero attached hydrogens (tertiary/aromatic N) is 2. The van der Waals surface area contributed by atoms with Crippen LogP contribution in [-0.2, 0) is 16.0 Å². The van der Waals surface area contributed by atoms with Gasteiger partial charge in [-0.1, -0.05) is 6.07 Å². The number of rotatable bonds is 7. The van der Waals surface area contributed by atoms with Crippen molar-refractivity contribution in [2.24, 2.45) is 5.92 Å². The molecule has 1 aliphatic heterocycles. The predicted octanol–water partition coefficient (Wildman–Crippen LogP) is 3.98. The van der Waals surface area contributed by atoms with Crippen LogP contribution in [-0.4, -0.2) is 53.7 Å². The highest BCUT2D eigenvalue weighted by molar-refractivity contribution is 5.78. The predicted molar refractivity (Wildman–Crippen MR) is 125 cm³/mol. The average Bonchev–Trinajstić information content (AvgIpc) is 3.16. The highest BCUT2D eigenvalue weighted by Gasteiger charge is 2.28. The van der Waals surface area contributed by atoms with E-state index in [0.29, 0.717) is 12.6 Å². The standard InChI is InChI=1S/C25H40N4O3/c1-25(2,3)32-24(31)28-21-11-9-19(10-12-21)23(30)27-13-5-7-18-15-20(17-26-16-18)22-8-6-14-29(22)4/h15-17,19,21-22H,5-14H2,1-4H3,(H,27,30)(H,28,31). The van der Waals surface area contributed by atoms with Crippen LogP contribution in [0.25, 0.3) is 0 Å². The Labute approximate surface area is 192 Å². The summed E-state index contributed by atoms with van der Waals surface area (Å²) in [6.07, 6.45) is 11.1. The number of likely N-dealkylation sites (tertiary alicyclic amines) is 1. The summed E-state index contributed by atoms with van der Waals surface area (Å²) in [4.78, 5) is 31.3. The lowest BCUT2D eigenvalue weighted by atomic mass is 9.85. The number of ether oxygens (including phenoxy) is 1. The summed E-state index contributed by atoms with van der Waals surface area (Å²) >= 11 is 0. The van der Waals surface area contributed by atoms with Crippen molar-refractivity contribution in [2.45, 2.75) is 89.8 Å². The second kappa shape index (κ2) is 11.1. The Balaban J connectivity index is 1.33. The second-order valence-electron chi connectivity index (χ2n) is 10.4. The molecule has 178 valence electrons. The number of nitrogens with one attached hydrogen (secondary N) is 2. The fourth-order valence-electron chi connectivity index (χ4n) is 4.78. The maximum absolute atomic E-state index is 12.5. The first-order valence-electron chi connectivity index (χ1n) is 12.1. The number of aromatic nitrogens is 1. The molecule has 7 heteroatoms. The van der Waals surface area contributed by atoms with Crippen molar-refractivity contribution in [3.05, 3.63) is 29.6 Å². The van der Waals surface area contributed by atoms with E-state index in [0.717, 1.165) is 45.1 Å². The van der Waals surface area contributed by atoms with E-state index >= 15 is 0 Å². The Morgan fingerprint density at radius 3 is 2.56 bits per heavy atom. The number of hydrogen-bond donors (Lipinski definition) is 2. The largest absolute Gasteiger partial charge is 0.444 e. The van der Waals surface area contributed by atoms with Gasteiger partial charge in [-0.15, -0.1) is 0 Å². The van der Waals surface area contributed by atoms with Gasteiger partial charge >= 0.3 is 6.09 Å². The molecule has 1 aromatic rings. The zero-order valence-corrected chi connectivity index (χ0v) is 20.2. The van der Waals surface area contributed by atoms with E-state index in [4.69, 9.17) is 4.74 Å². The average molecular weight is 445 g/mol. The molecule has 2 N–H and O–H groups in total. The number of aryl methyl sites for hydroxylation is 1. The zero-order valence-electron chi connectivity index (χ0n) is 20.2. The molecule has 1 saturated heterocycles. The first kappa shape index (κ1) is 24.5. The van der Waals surface area contributed by atoms with Crippen molar-refractivity contribution in [2.75, 3.05) is 20.1 Å². The summed E-state index contributed by atoms with van der Waals surface area (Å²) in [5.41, 5.74) is 2.06. The Morgan fingerprint density at radius 1 is 1.16 bits per heavy atom. The van der Waals surface area contributed by atoms with Crippen LogP contribution in [0.3, 0.4) is 0 Å². The third-order valence-corrected chi connectivity index (χ3v) is 6.48. The molecule has 1 atom stereocenters. The van der Waals surface area contributed by atoms with Gasteiger partial charge in [0, 0.05) is 36.9 Å². The Kier molecular flexibility index (Phi) is 8.51. The Morgan fingerprint density at radius 2 is 1.91 bits per heavy atom. The lowest BCUT2D eigenvalue weighted by Gasteiger charge is -2.29. The van der Waals surface area contributed by atoms with Crippen molar-refractivity contribution in [3.8, 4) is 0 Å². The maximum atomic E-state index is 12.5. The monoisotopic (exact) mass is 444 g/mol. The SMILES string of the molecule is CN1CCCC1c1cncc(CCCNC(=O)C2CCC(NC(=O)OC(C)(C)C)CC2)c1. The molecular formula is C25H40N4O3. The van der Waals surface area contributed by atoms with Gasteiger partial charge in [-0.05, 0) is 96.9 Å². The molecular weight excluding hydrogens is 404 g/mol. The third kappa shape index (κ3) is 7.47. The number of alkyl carbamates (subject to hydrolysis) is 1. The topological polar surface area (TPSA) is 83.6 Å². The van der Waals surface area contributed by atoms with Crippen LogP contribution in [0.1, 0.15) is 82.9 Å². The smallest absolute Gasteiger partial charge is 0.407 e. The second-order valence-corrected chi connectivity index (χ2v) is 10.4. The quantitative estimate of drug-likeness (QED) is 0.622. The number of amides is 2. The normalized spacial score (nSPS) is 24.2. The first-order chi connectivity index (χ1) is 15.2. The fraction of sp³-hybridized carbons (Fsp3) is 0.720. The Bertz CT molecular complexity index is 769. The van der Waals surface area contributed by atoms with Gasteiger partial charge in [0.1, 0.15) is 5.60 Å². The van der Waals surface area contributed by atoms with E-state index in [9.17, 15) is 9.59 Å². The van der Waals surface area contributed by atoms with Crippen molar-refractivity contribution in [1.29, 1.82) is 0 Å². The number of carbonyl (C=O) groups is 2. The van der Waals surface area contributed by atoms with Gasteiger partial charge in [0.25, 0.3) is 0 Å². The number of pyridine rings is 1. The van der Waals surface area contributed by atoms with Crippen LogP contribution in [0.2, 0.25) is 0 Å². The zero-order chi connectivity index (χ0) is 23.1. The summed E-state index contributed by atoms with van der Waals surface area (Å²) < 4.78 is 5.32. The van der Waals surface area contributed by atoms with E-state index in [1.165, 1.54) is 24.0 Å². The van der Waals surface area contributed by atoms with Crippen LogP contribution < -0.4 is 10.6 Å². The first-order valence-corrected chi connectivity index (χ1v) is 12.1. The molecule has 1 aliphatic carbocycles. The molecule has 0 spiro atoms. The molecule has 0 bridgehead atoms. The van der Waals surface area contributed by atoms with Gasteiger partial charge in [-0.25, -0.2) is 4.79 Å². The molecule has 32 heavy (non-hydrogen) atoms. The van der Waals surface area contributed by atoms with Crippen molar-refractivity contribution < 1.29 is 14.3 Å². The lowest BCUT2D eigenvalue weighted by Crippen LogP contribution is -2.43. The van der Waals surface area contributed by atoms with Gasteiger partial charge < -0.3 is 15.4 Å². The molecule has 0 radical (unpaired) electrons. The summed E-state index contributed by atoms with van der Waals surface area (Å²) in [5.74, 6) is 0.176. The highest BCUT2D eigenvalue weighted by Crippen LogP contribution is 2.30. The van der Waals surface area contributed by atoms with Crippen molar-refractivity contribution in [3.63, 3.8) is 0 Å². The molecule has 2 aliphatic rings. The van der Waals surface area contributed by atoms with Gasteiger partial charge in [0.15, 0.2) is 0 Å². The fourth-order valence-corrected chi connectivity index (χ4v) is 4.78.